The van der Waals surface area contributed by atoms with E-state index in [4.69, 9.17) is 11.6 Å². The minimum Gasteiger partial charge on any atom is -0.465 e. The van der Waals surface area contributed by atoms with Gasteiger partial charge in [-0.25, -0.2) is 4.79 Å². The van der Waals surface area contributed by atoms with E-state index in [-0.39, 0.29) is 5.91 Å². The molecule has 0 fully saturated rings. The zero-order valence-electron chi connectivity index (χ0n) is 13.1. The van der Waals surface area contributed by atoms with Gasteiger partial charge in [0.1, 0.15) is 0 Å². The van der Waals surface area contributed by atoms with E-state index >= 15 is 0 Å². The molecule has 0 aliphatic rings. The van der Waals surface area contributed by atoms with Gasteiger partial charge < -0.3 is 10.1 Å². The summed E-state index contributed by atoms with van der Waals surface area (Å²) in [7, 11) is 1.32. The Morgan fingerprint density at radius 3 is 2.65 bits per heavy atom. The van der Waals surface area contributed by atoms with Gasteiger partial charge in [0, 0.05) is 17.1 Å². The molecule has 0 aliphatic carbocycles. The zero-order chi connectivity index (χ0) is 16.8. The second-order valence-corrected chi connectivity index (χ2v) is 5.64. The Bertz CT molecular complexity index is 728. The molecule has 0 bridgehead atoms. The number of nitrogens with one attached hydrogen (secondary N) is 1. The molecule has 2 rings (SSSR count). The van der Waals surface area contributed by atoms with Crippen LogP contribution in [0.5, 0.6) is 0 Å². The van der Waals surface area contributed by atoms with Crippen LogP contribution in [0.4, 0.5) is 5.69 Å². The number of benzene rings is 2. The number of rotatable bonds is 5. The highest BCUT2D eigenvalue weighted by Gasteiger charge is 2.10. The van der Waals surface area contributed by atoms with Gasteiger partial charge in [0.25, 0.3) is 0 Å². The normalized spacial score (nSPS) is 10.2. The number of carbonyl (C=O) groups excluding carboxylic acids is 2. The van der Waals surface area contributed by atoms with Crippen LogP contribution in [-0.4, -0.2) is 19.0 Å². The molecule has 2 aromatic rings. The summed E-state index contributed by atoms with van der Waals surface area (Å²) in [5.74, 6) is -0.547. The fourth-order valence-corrected chi connectivity index (χ4v) is 2.38. The highest BCUT2D eigenvalue weighted by Crippen LogP contribution is 2.18. The lowest BCUT2D eigenvalue weighted by molar-refractivity contribution is -0.116. The Morgan fingerprint density at radius 1 is 1.17 bits per heavy atom. The summed E-state index contributed by atoms with van der Waals surface area (Å²) in [5.41, 5.74) is 2.91. The maximum Gasteiger partial charge on any atom is 0.337 e. The summed E-state index contributed by atoms with van der Waals surface area (Å²) in [6.45, 7) is 1.87. The van der Waals surface area contributed by atoms with Crippen LogP contribution in [0.15, 0.2) is 42.5 Å². The average Bonchev–Trinajstić information content (AvgIpc) is 2.54. The van der Waals surface area contributed by atoms with Crippen LogP contribution in [0, 0.1) is 6.92 Å². The van der Waals surface area contributed by atoms with Crippen molar-refractivity contribution in [1.82, 2.24) is 0 Å². The van der Waals surface area contributed by atoms with Gasteiger partial charge in [-0.3, -0.25) is 4.79 Å². The van der Waals surface area contributed by atoms with Crippen LogP contribution in [0.3, 0.4) is 0 Å². The molecule has 120 valence electrons. The van der Waals surface area contributed by atoms with E-state index in [0.717, 1.165) is 11.1 Å². The van der Waals surface area contributed by atoms with Crippen LogP contribution in [0.1, 0.15) is 27.9 Å². The molecule has 0 radical (unpaired) electrons. The molecule has 0 aromatic heterocycles. The largest absolute Gasteiger partial charge is 0.465 e. The van der Waals surface area contributed by atoms with Gasteiger partial charge in [0.2, 0.25) is 5.91 Å². The van der Waals surface area contributed by atoms with Crippen molar-refractivity contribution in [2.75, 3.05) is 12.4 Å². The van der Waals surface area contributed by atoms with Crippen LogP contribution < -0.4 is 5.32 Å². The first-order chi connectivity index (χ1) is 11.0. The maximum atomic E-state index is 12.1. The number of amides is 1. The number of ether oxygens (including phenoxy) is 1. The first-order valence-corrected chi connectivity index (χ1v) is 7.60. The molecule has 0 spiro atoms. The summed E-state index contributed by atoms with van der Waals surface area (Å²) in [6.07, 6.45) is 0.935. The summed E-state index contributed by atoms with van der Waals surface area (Å²) in [4.78, 5) is 23.7. The quantitative estimate of drug-likeness (QED) is 0.842. The molecule has 2 aromatic carbocycles. The number of hydrogen-bond donors (Lipinski definition) is 1. The molecule has 0 saturated heterocycles. The van der Waals surface area contributed by atoms with Crippen LogP contribution in [0.2, 0.25) is 5.02 Å². The predicted molar refractivity (Wildman–Crippen MR) is 90.9 cm³/mol. The molecular formula is C18H18ClNO3. The fourth-order valence-electron chi connectivity index (χ4n) is 2.16. The van der Waals surface area contributed by atoms with Gasteiger partial charge >= 0.3 is 5.97 Å². The van der Waals surface area contributed by atoms with Gasteiger partial charge in [-0.15, -0.1) is 0 Å². The van der Waals surface area contributed by atoms with Crippen molar-refractivity contribution in [3.63, 3.8) is 0 Å². The first kappa shape index (κ1) is 17.0. The van der Waals surface area contributed by atoms with Crippen molar-refractivity contribution >= 4 is 29.2 Å². The highest BCUT2D eigenvalue weighted by atomic mass is 35.5. The van der Waals surface area contributed by atoms with E-state index in [1.54, 1.807) is 24.3 Å². The van der Waals surface area contributed by atoms with Crippen molar-refractivity contribution in [3.05, 3.63) is 64.2 Å². The van der Waals surface area contributed by atoms with E-state index in [1.807, 2.05) is 25.1 Å². The summed E-state index contributed by atoms with van der Waals surface area (Å²) >= 11 is 5.93. The summed E-state index contributed by atoms with van der Waals surface area (Å²) < 4.78 is 4.69. The lowest BCUT2D eigenvalue weighted by Gasteiger charge is -2.10. The molecule has 5 heteroatoms. The molecular weight excluding hydrogens is 314 g/mol. The second kappa shape index (κ2) is 7.79. The van der Waals surface area contributed by atoms with Gasteiger partial charge in [-0.2, -0.15) is 0 Å². The highest BCUT2D eigenvalue weighted by molar-refractivity contribution is 6.30. The number of halogens is 1. The minimum atomic E-state index is -0.431. The van der Waals surface area contributed by atoms with E-state index in [1.165, 1.54) is 7.11 Å². The number of hydrogen-bond acceptors (Lipinski definition) is 3. The standard InChI is InChI=1S/C18H18ClNO3/c1-12-6-8-14(18(22)23-2)11-16(12)20-17(21)9-7-13-4-3-5-15(19)10-13/h3-6,8,10-11H,7,9H2,1-2H3,(H,20,21). The van der Waals surface area contributed by atoms with Crippen molar-refractivity contribution in [3.8, 4) is 0 Å². The van der Waals surface area contributed by atoms with Crippen molar-refractivity contribution in [1.29, 1.82) is 0 Å². The van der Waals surface area contributed by atoms with Gasteiger partial charge in [-0.1, -0.05) is 29.8 Å². The molecule has 4 nitrogen and oxygen atoms in total. The molecule has 1 amide bonds. The van der Waals surface area contributed by atoms with Crippen LogP contribution in [-0.2, 0) is 16.0 Å². The zero-order valence-corrected chi connectivity index (χ0v) is 13.8. The molecule has 1 N–H and O–H groups in total. The lowest BCUT2D eigenvalue weighted by atomic mass is 10.1. The van der Waals surface area contributed by atoms with Gasteiger partial charge in [0.05, 0.1) is 12.7 Å². The number of anilines is 1. The number of aryl methyl sites for hydroxylation is 2. The third-order valence-corrected chi connectivity index (χ3v) is 3.70. The van der Waals surface area contributed by atoms with Gasteiger partial charge in [-0.05, 0) is 48.7 Å². The number of carbonyl (C=O) groups is 2. The molecule has 0 heterocycles. The van der Waals surface area contributed by atoms with E-state index in [9.17, 15) is 9.59 Å². The fraction of sp³-hybridized carbons (Fsp3) is 0.222. The smallest absolute Gasteiger partial charge is 0.337 e. The third kappa shape index (κ3) is 4.83. The second-order valence-electron chi connectivity index (χ2n) is 5.20. The SMILES string of the molecule is COC(=O)c1ccc(C)c(NC(=O)CCc2cccc(Cl)c2)c1. The molecule has 0 unspecified atom stereocenters. The molecule has 0 aliphatic heterocycles. The number of esters is 1. The summed E-state index contributed by atoms with van der Waals surface area (Å²) in [6, 6.07) is 12.5. The van der Waals surface area contributed by atoms with Crippen molar-refractivity contribution in [2.45, 2.75) is 19.8 Å². The van der Waals surface area contributed by atoms with E-state index in [0.29, 0.717) is 29.1 Å². The Kier molecular flexibility index (Phi) is 5.77. The minimum absolute atomic E-state index is 0.116. The van der Waals surface area contributed by atoms with Crippen molar-refractivity contribution in [2.24, 2.45) is 0 Å². The number of methoxy groups -OCH3 is 1. The van der Waals surface area contributed by atoms with E-state index in [2.05, 4.69) is 10.1 Å². The lowest BCUT2D eigenvalue weighted by Crippen LogP contribution is -2.14. The Labute approximate surface area is 140 Å². The van der Waals surface area contributed by atoms with Gasteiger partial charge in [0.15, 0.2) is 0 Å². The first-order valence-electron chi connectivity index (χ1n) is 7.23. The van der Waals surface area contributed by atoms with Crippen molar-refractivity contribution < 1.29 is 14.3 Å². The monoisotopic (exact) mass is 331 g/mol. The third-order valence-electron chi connectivity index (χ3n) is 3.46. The Morgan fingerprint density at radius 2 is 1.96 bits per heavy atom. The molecule has 23 heavy (non-hydrogen) atoms. The topological polar surface area (TPSA) is 55.4 Å². The molecule has 0 atom stereocenters. The maximum absolute atomic E-state index is 12.1. The Hall–Kier alpha value is -2.33. The average molecular weight is 332 g/mol. The van der Waals surface area contributed by atoms with Crippen LogP contribution >= 0.6 is 11.6 Å². The van der Waals surface area contributed by atoms with Crippen LogP contribution in [0.25, 0.3) is 0 Å². The summed E-state index contributed by atoms with van der Waals surface area (Å²) in [5, 5.41) is 3.49. The predicted octanol–water partition coefficient (Wildman–Crippen LogP) is 4.01. The molecule has 0 saturated carbocycles. The Balaban J connectivity index is 2.01. The van der Waals surface area contributed by atoms with E-state index < -0.39 is 5.97 Å².